The molecule has 1 unspecified atom stereocenters. The SMILES string of the molecule is C[C@@H](NC(=O)c1ccc2nc(C3C=CC=CC3)c(CCCCC(=O)O)nc2c1)c1ccc(F)cc1. The third-order valence-corrected chi connectivity index (χ3v) is 6.13. The predicted octanol–water partition coefficient (Wildman–Crippen LogP) is 5.66. The van der Waals surface area contributed by atoms with Crippen LogP contribution in [0.3, 0.4) is 0 Å². The molecule has 4 rings (SSSR count). The molecule has 0 bridgehead atoms. The molecule has 1 heterocycles. The Hall–Kier alpha value is -3.87. The third kappa shape index (κ3) is 6.18. The fraction of sp³-hybridized carbons (Fsp3) is 0.286. The Balaban J connectivity index is 1.58. The van der Waals surface area contributed by atoms with Gasteiger partial charge in [0, 0.05) is 17.9 Å². The zero-order chi connectivity index (χ0) is 24.8. The molecular formula is C28H28FN3O3. The molecule has 1 aliphatic carbocycles. The van der Waals surface area contributed by atoms with Gasteiger partial charge in [-0.25, -0.2) is 14.4 Å². The van der Waals surface area contributed by atoms with Crippen molar-refractivity contribution in [3.8, 4) is 0 Å². The van der Waals surface area contributed by atoms with Gasteiger partial charge in [-0.05, 0) is 68.5 Å². The van der Waals surface area contributed by atoms with Crippen molar-refractivity contribution in [2.45, 2.75) is 51.0 Å². The molecule has 0 radical (unpaired) electrons. The molecule has 180 valence electrons. The van der Waals surface area contributed by atoms with Crippen LogP contribution in [0.4, 0.5) is 4.39 Å². The lowest BCUT2D eigenvalue weighted by molar-refractivity contribution is -0.137. The van der Waals surface area contributed by atoms with Crippen LogP contribution in [0, 0.1) is 5.82 Å². The van der Waals surface area contributed by atoms with Crippen molar-refractivity contribution in [1.82, 2.24) is 15.3 Å². The topological polar surface area (TPSA) is 92.2 Å². The number of hydrogen-bond acceptors (Lipinski definition) is 4. The van der Waals surface area contributed by atoms with Crippen LogP contribution in [0.25, 0.3) is 11.0 Å². The Kier molecular flexibility index (Phi) is 7.65. The van der Waals surface area contributed by atoms with E-state index in [1.54, 1.807) is 30.3 Å². The van der Waals surface area contributed by atoms with Gasteiger partial charge in [0.15, 0.2) is 0 Å². The maximum atomic E-state index is 13.2. The van der Waals surface area contributed by atoms with E-state index >= 15 is 0 Å². The van der Waals surface area contributed by atoms with E-state index in [4.69, 9.17) is 15.1 Å². The zero-order valence-corrected chi connectivity index (χ0v) is 19.6. The minimum atomic E-state index is -0.805. The average Bonchev–Trinajstić information content (AvgIpc) is 2.86. The molecule has 7 heteroatoms. The summed E-state index contributed by atoms with van der Waals surface area (Å²) in [6.45, 7) is 1.85. The van der Waals surface area contributed by atoms with E-state index in [0.717, 1.165) is 23.4 Å². The lowest BCUT2D eigenvalue weighted by Gasteiger charge is -2.18. The number of nitrogens with zero attached hydrogens (tertiary/aromatic N) is 2. The Morgan fingerprint density at radius 1 is 1.09 bits per heavy atom. The molecule has 2 aromatic carbocycles. The van der Waals surface area contributed by atoms with Crippen LogP contribution in [0.2, 0.25) is 0 Å². The molecule has 1 aromatic heterocycles. The summed E-state index contributed by atoms with van der Waals surface area (Å²) in [5, 5.41) is 11.9. The van der Waals surface area contributed by atoms with Crippen molar-refractivity contribution in [3.63, 3.8) is 0 Å². The van der Waals surface area contributed by atoms with Crippen molar-refractivity contribution in [3.05, 3.63) is 95.1 Å². The molecule has 2 atom stereocenters. The summed E-state index contributed by atoms with van der Waals surface area (Å²) >= 11 is 0. The van der Waals surface area contributed by atoms with Crippen molar-refractivity contribution < 1.29 is 19.1 Å². The lowest BCUT2D eigenvalue weighted by Crippen LogP contribution is -2.26. The fourth-order valence-corrected chi connectivity index (χ4v) is 4.19. The van der Waals surface area contributed by atoms with E-state index in [0.29, 0.717) is 35.9 Å². The zero-order valence-electron chi connectivity index (χ0n) is 19.6. The van der Waals surface area contributed by atoms with Gasteiger partial charge >= 0.3 is 5.97 Å². The number of rotatable bonds is 9. The van der Waals surface area contributed by atoms with Crippen molar-refractivity contribution in [1.29, 1.82) is 0 Å². The van der Waals surface area contributed by atoms with Crippen LogP contribution >= 0.6 is 0 Å². The molecular weight excluding hydrogens is 445 g/mol. The Labute approximate surface area is 203 Å². The first-order chi connectivity index (χ1) is 16.9. The van der Waals surface area contributed by atoms with Crippen molar-refractivity contribution >= 4 is 22.9 Å². The van der Waals surface area contributed by atoms with Crippen LogP contribution in [-0.2, 0) is 11.2 Å². The second-order valence-electron chi connectivity index (χ2n) is 8.76. The summed E-state index contributed by atoms with van der Waals surface area (Å²) in [7, 11) is 0. The fourth-order valence-electron chi connectivity index (χ4n) is 4.19. The highest BCUT2D eigenvalue weighted by molar-refractivity contribution is 5.97. The molecule has 0 saturated carbocycles. The molecule has 1 amide bonds. The van der Waals surface area contributed by atoms with E-state index in [1.807, 2.05) is 19.1 Å². The van der Waals surface area contributed by atoms with Crippen LogP contribution in [0.1, 0.15) is 71.9 Å². The Morgan fingerprint density at radius 2 is 1.89 bits per heavy atom. The molecule has 1 aliphatic rings. The number of halogens is 1. The number of benzene rings is 2. The minimum Gasteiger partial charge on any atom is -0.481 e. The largest absolute Gasteiger partial charge is 0.481 e. The van der Waals surface area contributed by atoms with Gasteiger partial charge in [0.1, 0.15) is 5.82 Å². The Bertz CT molecular complexity index is 1280. The molecule has 0 fully saturated rings. The number of allylic oxidation sites excluding steroid dienone is 4. The molecule has 3 aromatic rings. The second-order valence-corrected chi connectivity index (χ2v) is 8.76. The smallest absolute Gasteiger partial charge is 0.303 e. The summed E-state index contributed by atoms with van der Waals surface area (Å²) in [5.41, 5.74) is 4.34. The van der Waals surface area contributed by atoms with Crippen LogP contribution in [-0.4, -0.2) is 27.0 Å². The quantitative estimate of drug-likeness (QED) is 0.392. The maximum absolute atomic E-state index is 13.2. The summed E-state index contributed by atoms with van der Waals surface area (Å²) in [6, 6.07) is 11.0. The van der Waals surface area contributed by atoms with Crippen molar-refractivity contribution in [2.75, 3.05) is 0 Å². The van der Waals surface area contributed by atoms with E-state index in [1.165, 1.54) is 12.1 Å². The molecule has 0 spiro atoms. The number of carboxylic acids is 1. The summed E-state index contributed by atoms with van der Waals surface area (Å²) in [5.74, 6) is -1.26. The monoisotopic (exact) mass is 473 g/mol. The number of aliphatic carboxylic acids is 1. The number of carboxylic acid groups (broad SMARTS) is 1. The van der Waals surface area contributed by atoms with Crippen LogP contribution < -0.4 is 5.32 Å². The Morgan fingerprint density at radius 3 is 2.60 bits per heavy atom. The van der Waals surface area contributed by atoms with Gasteiger partial charge in [-0.2, -0.15) is 0 Å². The molecule has 6 nitrogen and oxygen atoms in total. The second kappa shape index (κ2) is 11.0. The molecule has 35 heavy (non-hydrogen) atoms. The maximum Gasteiger partial charge on any atom is 0.303 e. The summed E-state index contributed by atoms with van der Waals surface area (Å²) in [4.78, 5) is 33.6. The first-order valence-electron chi connectivity index (χ1n) is 11.8. The third-order valence-electron chi connectivity index (χ3n) is 6.13. The predicted molar refractivity (Wildman–Crippen MR) is 133 cm³/mol. The standard InChI is InChI=1S/C28H28FN3O3/c1-18(19-11-14-22(29)15-12-19)30-28(35)21-13-16-23-25(17-21)31-24(9-5-6-10-26(33)34)27(32-23)20-7-3-2-4-8-20/h2-4,7,11-18,20H,5-6,8-10H2,1H3,(H,30,35)(H,33,34)/t18-,20?/m1/s1. The number of amides is 1. The molecule has 0 aliphatic heterocycles. The number of fused-ring (bicyclic) bond motifs is 1. The van der Waals surface area contributed by atoms with Crippen LogP contribution in [0.15, 0.2) is 66.8 Å². The number of nitrogens with one attached hydrogen (secondary N) is 1. The van der Waals surface area contributed by atoms with Gasteiger partial charge in [0.05, 0.1) is 28.5 Å². The molecule has 2 N–H and O–H groups in total. The van der Waals surface area contributed by atoms with Gasteiger partial charge in [-0.15, -0.1) is 0 Å². The number of unbranched alkanes of at least 4 members (excludes halogenated alkanes) is 1. The molecule has 0 saturated heterocycles. The number of hydrogen-bond donors (Lipinski definition) is 2. The van der Waals surface area contributed by atoms with E-state index < -0.39 is 5.97 Å². The van der Waals surface area contributed by atoms with E-state index in [-0.39, 0.29) is 30.1 Å². The number of aromatic nitrogens is 2. The number of carbonyl (C=O) groups excluding carboxylic acids is 1. The van der Waals surface area contributed by atoms with Gasteiger partial charge < -0.3 is 10.4 Å². The number of aryl methyl sites for hydroxylation is 1. The highest BCUT2D eigenvalue weighted by Crippen LogP contribution is 2.28. The van der Waals surface area contributed by atoms with E-state index in [2.05, 4.69) is 17.5 Å². The highest BCUT2D eigenvalue weighted by atomic mass is 19.1. The number of carbonyl (C=O) groups is 2. The minimum absolute atomic E-state index is 0.117. The normalized spacial score (nSPS) is 15.8. The first kappa shape index (κ1) is 24.3. The van der Waals surface area contributed by atoms with E-state index in [9.17, 15) is 14.0 Å². The van der Waals surface area contributed by atoms with Gasteiger partial charge in [0.2, 0.25) is 0 Å². The van der Waals surface area contributed by atoms with Crippen LogP contribution in [0.5, 0.6) is 0 Å². The van der Waals surface area contributed by atoms with Gasteiger partial charge in [0.25, 0.3) is 5.91 Å². The summed E-state index contributed by atoms with van der Waals surface area (Å²) in [6.07, 6.45) is 11.1. The van der Waals surface area contributed by atoms with Gasteiger partial charge in [-0.3, -0.25) is 9.59 Å². The highest BCUT2D eigenvalue weighted by Gasteiger charge is 2.19. The lowest BCUT2D eigenvalue weighted by atomic mass is 9.93. The average molecular weight is 474 g/mol. The summed E-state index contributed by atoms with van der Waals surface area (Å²) < 4.78 is 13.2. The first-order valence-corrected chi connectivity index (χ1v) is 11.8. The van der Waals surface area contributed by atoms with Gasteiger partial charge in [-0.1, -0.05) is 36.4 Å². The van der Waals surface area contributed by atoms with Crippen molar-refractivity contribution in [2.24, 2.45) is 0 Å².